The average molecular weight is 350 g/mol. The predicted octanol–water partition coefficient (Wildman–Crippen LogP) is 4.14. The highest BCUT2D eigenvalue weighted by molar-refractivity contribution is 9.10. The Morgan fingerprint density at radius 2 is 1.95 bits per heavy atom. The molecule has 0 aliphatic rings. The maximum Gasteiger partial charge on any atom is 0.311 e. The van der Waals surface area contributed by atoms with Crippen LogP contribution in [0.25, 0.3) is 0 Å². The van der Waals surface area contributed by atoms with Crippen molar-refractivity contribution in [2.75, 3.05) is 11.9 Å². The number of rotatable bonds is 5. The number of aromatic nitrogens is 1. The molecule has 0 atom stereocenters. The minimum absolute atomic E-state index is 0.0340. The van der Waals surface area contributed by atoms with Crippen LogP contribution in [0.1, 0.15) is 19.4 Å². The van der Waals surface area contributed by atoms with Gasteiger partial charge in [0.25, 0.3) is 0 Å². The molecule has 0 amide bonds. The number of hydrogen-bond acceptors (Lipinski definition) is 4. The standard InChI is InChI=1S/C15H16BrN3O2/c1-15(2,11-6-4-3-5-7-11)10-18-14-12(16)8-17-9-13(14)19(20)21/h3-9H,10H2,1-2H3,(H,17,18). The molecule has 110 valence electrons. The first-order valence-electron chi connectivity index (χ1n) is 6.49. The molecule has 1 aromatic heterocycles. The van der Waals surface area contributed by atoms with E-state index in [2.05, 4.69) is 52.2 Å². The predicted molar refractivity (Wildman–Crippen MR) is 86.5 cm³/mol. The molecule has 1 aromatic carbocycles. The van der Waals surface area contributed by atoms with Crippen LogP contribution < -0.4 is 5.32 Å². The monoisotopic (exact) mass is 349 g/mol. The Morgan fingerprint density at radius 1 is 1.29 bits per heavy atom. The lowest BCUT2D eigenvalue weighted by Crippen LogP contribution is -2.27. The first-order valence-corrected chi connectivity index (χ1v) is 7.28. The fraction of sp³-hybridized carbons (Fsp3) is 0.267. The van der Waals surface area contributed by atoms with E-state index in [0.29, 0.717) is 16.7 Å². The molecule has 0 aliphatic heterocycles. The lowest BCUT2D eigenvalue weighted by molar-refractivity contribution is -0.384. The van der Waals surface area contributed by atoms with Gasteiger partial charge in [-0.1, -0.05) is 44.2 Å². The molecule has 5 nitrogen and oxygen atoms in total. The molecule has 0 unspecified atom stereocenters. The van der Waals surface area contributed by atoms with Crippen LogP contribution in [-0.4, -0.2) is 16.5 Å². The van der Waals surface area contributed by atoms with Gasteiger partial charge in [-0.3, -0.25) is 15.1 Å². The molecule has 0 saturated carbocycles. The molecule has 0 bridgehead atoms. The van der Waals surface area contributed by atoms with Gasteiger partial charge in [-0.15, -0.1) is 0 Å². The summed E-state index contributed by atoms with van der Waals surface area (Å²) in [6.45, 7) is 4.76. The number of nitrogens with one attached hydrogen (secondary N) is 1. The van der Waals surface area contributed by atoms with Gasteiger partial charge >= 0.3 is 5.69 Å². The summed E-state index contributed by atoms with van der Waals surface area (Å²) in [7, 11) is 0. The molecule has 2 aromatic rings. The van der Waals surface area contributed by atoms with Crippen molar-refractivity contribution >= 4 is 27.3 Å². The van der Waals surface area contributed by atoms with Gasteiger partial charge in [0.1, 0.15) is 11.9 Å². The molecule has 0 spiro atoms. The van der Waals surface area contributed by atoms with Crippen LogP contribution in [0.5, 0.6) is 0 Å². The Morgan fingerprint density at radius 3 is 2.57 bits per heavy atom. The minimum Gasteiger partial charge on any atom is -0.378 e. The topological polar surface area (TPSA) is 68.1 Å². The Labute approximate surface area is 131 Å². The molecule has 6 heteroatoms. The zero-order valence-electron chi connectivity index (χ0n) is 11.8. The Bertz CT molecular complexity index is 645. The van der Waals surface area contributed by atoms with Crippen molar-refractivity contribution in [1.82, 2.24) is 4.98 Å². The highest BCUT2D eigenvalue weighted by Gasteiger charge is 2.23. The summed E-state index contributed by atoms with van der Waals surface area (Å²) in [5.41, 5.74) is 1.44. The van der Waals surface area contributed by atoms with Crippen molar-refractivity contribution in [1.29, 1.82) is 0 Å². The summed E-state index contributed by atoms with van der Waals surface area (Å²) in [5.74, 6) is 0. The van der Waals surface area contributed by atoms with E-state index in [0.717, 1.165) is 0 Å². The molecule has 0 saturated heterocycles. The average Bonchev–Trinajstić information content (AvgIpc) is 2.46. The fourth-order valence-electron chi connectivity index (χ4n) is 2.04. The Hall–Kier alpha value is -1.95. The van der Waals surface area contributed by atoms with Crippen molar-refractivity contribution in [3.05, 3.63) is 62.9 Å². The van der Waals surface area contributed by atoms with E-state index in [1.807, 2.05) is 18.2 Å². The van der Waals surface area contributed by atoms with Crippen LogP contribution in [0.2, 0.25) is 0 Å². The van der Waals surface area contributed by atoms with E-state index in [4.69, 9.17) is 0 Å². The van der Waals surface area contributed by atoms with E-state index < -0.39 is 4.92 Å². The number of benzene rings is 1. The van der Waals surface area contributed by atoms with E-state index in [1.54, 1.807) is 6.20 Å². The highest BCUT2D eigenvalue weighted by Crippen LogP contribution is 2.32. The van der Waals surface area contributed by atoms with Crippen LogP contribution in [0.4, 0.5) is 11.4 Å². The normalized spacial score (nSPS) is 11.2. The first kappa shape index (κ1) is 15.4. The van der Waals surface area contributed by atoms with Gasteiger partial charge in [-0.2, -0.15) is 0 Å². The number of anilines is 1. The SMILES string of the molecule is CC(C)(CNc1c(Br)cncc1[N+](=O)[O-])c1ccccc1. The molecule has 1 heterocycles. The zero-order valence-corrected chi connectivity index (χ0v) is 13.4. The van der Waals surface area contributed by atoms with Gasteiger partial charge < -0.3 is 5.32 Å². The fourth-order valence-corrected chi connectivity index (χ4v) is 2.50. The van der Waals surface area contributed by atoms with Crippen molar-refractivity contribution in [3.8, 4) is 0 Å². The number of nitrogens with zero attached hydrogens (tertiary/aromatic N) is 2. The number of pyridine rings is 1. The summed E-state index contributed by atoms with van der Waals surface area (Å²) in [6.07, 6.45) is 2.80. The van der Waals surface area contributed by atoms with E-state index in [-0.39, 0.29) is 11.1 Å². The largest absolute Gasteiger partial charge is 0.378 e. The molecule has 0 fully saturated rings. The Balaban J connectivity index is 2.22. The second-order valence-corrected chi connectivity index (χ2v) is 6.23. The lowest BCUT2D eigenvalue weighted by atomic mass is 9.84. The summed E-state index contributed by atoms with van der Waals surface area (Å²) in [6, 6.07) is 10.1. The second-order valence-electron chi connectivity index (χ2n) is 5.38. The maximum atomic E-state index is 11.1. The third-order valence-electron chi connectivity index (χ3n) is 3.34. The van der Waals surface area contributed by atoms with Crippen LogP contribution in [-0.2, 0) is 5.41 Å². The maximum absolute atomic E-state index is 11.1. The van der Waals surface area contributed by atoms with E-state index in [9.17, 15) is 10.1 Å². The van der Waals surface area contributed by atoms with Gasteiger partial charge in [0.15, 0.2) is 0 Å². The van der Waals surface area contributed by atoms with Crippen molar-refractivity contribution in [2.45, 2.75) is 19.3 Å². The van der Waals surface area contributed by atoms with Crippen LogP contribution in [0.3, 0.4) is 0 Å². The zero-order chi connectivity index (χ0) is 15.5. The molecule has 0 aliphatic carbocycles. The summed E-state index contributed by atoms with van der Waals surface area (Å²) in [5, 5.41) is 14.2. The summed E-state index contributed by atoms with van der Waals surface area (Å²) < 4.78 is 0.584. The van der Waals surface area contributed by atoms with E-state index in [1.165, 1.54) is 11.8 Å². The second kappa shape index (κ2) is 6.22. The Kier molecular flexibility index (Phi) is 4.57. The summed E-state index contributed by atoms with van der Waals surface area (Å²) in [4.78, 5) is 14.5. The number of nitro groups is 1. The van der Waals surface area contributed by atoms with E-state index >= 15 is 0 Å². The number of halogens is 1. The van der Waals surface area contributed by atoms with Crippen molar-refractivity contribution in [3.63, 3.8) is 0 Å². The third-order valence-corrected chi connectivity index (χ3v) is 3.94. The lowest BCUT2D eigenvalue weighted by Gasteiger charge is -2.26. The molecular weight excluding hydrogens is 334 g/mol. The van der Waals surface area contributed by atoms with Gasteiger partial charge in [0, 0.05) is 18.2 Å². The van der Waals surface area contributed by atoms with Gasteiger partial charge in [0.2, 0.25) is 0 Å². The van der Waals surface area contributed by atoms with Gasteiger partial charge in [-0.05, 0) is 21.5 Å². The minimum atomic E-state index is -0.435. The number of hydrogen-bond donors (Lipinski definition) is 1. The molecule has 1 N–H and O–H groups in total. The smallest absolute Gasteiger partial charge is 0.311 e. The molecular formula is C15H16BrN3O2. The van der Waals surface area contributed by atoms with Crippen molar-refractivity contribution < 1.29 is 4.92 Å². The van der Waals surface area contributed by atoms with Crippen molar-refractivity contribution in [2.24, 2.45) is 0 Å². The highest BCUT2D eigenvalue weighted by atomic mass is 79.9. The molecule has 21 heavy (non-hydrogen) atoms. The quantitative estimate of drug-likeness (QED) is 0.650. The first-order chi connectivity index (χ1) is 9.92. The molecule has 2 rings (SSSR count). The third kappa shape index (κ3) is 3.58. The van der Waals surface area contributed by atoms with Crippen LogP contribution in [0, 0.1) is 10.1 Å². The summed E-state index contributed by atoms with van der Waals surface area (Å²) >= 11 is 3.31. The van der Waals surface area contributed by atoms with Gasteiger partial charge in [0.05, 0.1) is 9.40 Å². The van der Waals surface area contributed by atoms with Crippen LogP contribution >= 0.6 is 15.9 Å². The molecule has 0 radical (unpaired) electrons. The van der Waals surface area contributed by atoms with Crippen LogP contribution in [0.15, 0.2) is 47.2 Å². The van der Waals surface area contributed by atoms with Gasteiger partial charge in [-0.25, -0.2) is 0 Å².